The molecule has 1 aromatic heterocycles. The number of rotatable bonds is 4. The lowest BCUT2D eigenvalue weighted by Crippen LogP contribution is -2.22. The van der Waals surface area contributed by atoms with Crippen molar-refractivity contribution in [2.24, 2.45) is 11.7 Å². The average Bonchev–Trinajstić information content (AvgIpc) is 3.01. The molecule has 1 aromatic rings. The minimum atomic E-state index is 0.152. The zero-order valence-corrected chi connectivity index (χ0v) is 10.5. The molecule has 1 amide bonds. The van der Waals surface area contributed by atoms with Gasteiger partial charge in [-0.25, -0.2) is 0 Å². The van der Waals surface area contributed by atoms with Gasteiger partial charge in [0.15, 0.2) is 0 Å². The Bertz CT molecular complexity index is 451. The van der Waals surface area contributed by atoms with Crippen molar-refractivity contribution < 1.29 is 4.79 Å². The van der Waals surface area contributed by atoms with Gasteiger partial charge in [0.2, 0.25) is 5.91 Å². The maximum absolute atomic E-state index is 11.6. The van der Waals surface area contributed by atoms with Crippen molar-refractivity contribution in [2.45, 2.75) is 25.8 Å². The first-order chi connectivity index (χ1) is 8.29. The van der Waals surface area contributed by atoms with E-state index in [0.29, 0.717) is 25.4 Å². The molecule has 17 heavy (non-hydrogen) atoms. The third kappa shape index (κ3) is 3.88. The second-order valence-corrected chi connectivity index (χ2v) is 5.19. The van der Waals surface area contributed by atoms with Crippen molar-refractivity contribution in [1.82, 2.24) is 5.32 Å². The third-order valence-corrected chi connectivity index (χ3v) is 3.61. The molecule has 0 atom stereocenters. The van der Waals surface area contributed by atoms with E-state index in [-0.39, 0.29) is 5.91 Å². The molecule has 0 unspecified atom stereocenters. The highest BCUT2D eigenvalue weighted by molar-refractivity contribution is 7.10. The van der Waals surface area contributed by atoms with Crippen LogP contribution in [0.15, 0.2) is 11.4 Å². The van der Waals surface area contributed by atoms with Gasteiger partial charge in [0.05, 0.1) is 13.1 Å². The molecule has 90 valence electrons. The van der Waals surface area contributed by atoms with Gasteiger partial charge in [-0.1, -0.05) is 11.8 Å². The second kappa shape index (κ2) is 5.85. The highest BCUT2D eigenvalue weighted by Crippen LogP contribution is 2.32. The Morgan fingerprint density at radius 1 is 1.59 bits per heavy atom. The van der Waals surface area contributed by atoms with Gasteiger partial charge in [0.1, 0.15) is 0 Å². The maximum atomic E-state index is 11.6. The number of hydrogen-bond donors (Lipinski definition) is 2. The Hall–Kier alpha value is -1.31. The molecule has 1 fully saturated rings. The topological polar surface area (TPSA) is 55.1 Å². The summed E-state index contributed by atoms with van der Waals surface area (Å²) in [5.74, 6) is 6.63. The number of amides is 1. The van der Waals surface area contributed by atoms with E-state index in [4.69, 9.17) is 5.73 Å². The zero-order chi connectivity index (χ0) is 12.1. The van der Waals surface area contributed by atoms with Crippen LogP contribution in [0.5, 0.6) is 0 Å². The molecule has 3 nitrogen and oxygen atoms in total. The molecule has 1 aliphatic rings. The van der Waals surface area contributed by atoms with Crippen LogP contribution in [0.4, 0.5) is 0 Å². The lowest BCUT2D eigenvalue weighted by molar-refractivity contribution is -0.121. The normalized spacial score (nSPS) is 13.9. The molecule has 0 aromatic carbocycles. The fourth-order valence-electron chi connectivity index (χ4n) is 1.57. The first kappa shape index (κ1) is 12.2. The van der Waals surface area contributed by atoms with Crippen LogP contribution in [-0.2, 0) is 11.3 Å². The van der Waals surface area contributed by atoms with Crippen molar-refractivity contribution in [2.75, 3.05) is 6.54 Å². The minimum Gasteiger partial charge on any atom is -0.351 e. The van der Waals surface area contributed by atoms with Crippen molar-refractivity contribution >= 4 is 17.2 Å². The molecule has 1 saturated carbocycles. The zero-order valence-electron chi connectivity index (χ0n) is 9.66. The molecule has 0 spiro atoms. The first-order valence-electron chi connectivity index (χ1n) is 5.81. The molecule has 1 aliphatic carbocycles. The molecular formula is C13H16N2OS. The summed E-state index contributed by atoms with van der Waals surface area (Å²) in [6.45, 7) is 0.946. The number of nitrogens with one attached hydrogen (secondary N) is 1. The SMILES string of the molecule is NCC#Cc1ccsc1CNC(=O)CC1CC1. The quantitative estimate of drug-likeness (QED) is 0.793. The van der Waals surface area contributed by atoms with Gasteiger partial charge in [-0.3, -0.25) is 4.79 Å². The molecule has 1 heterocycles. The van der Waals surface area contributed by atoms with Gasteiger partial charge in [-0.2, -0.15) is 0 Å². The van der Waals surface area contributed by atoms with Crippen molar-refractivity contribution in [3.05, 3.63) is 21.9 Å². The van der Waals surface area contributed by atoms with Gasteiger partial charge < -0.3 is 11.1 Å². The summed E-state index contributed by atoms with van der Waals surface area (Å²) < 4.78 is 0. The van der Waals surface area contributed by atoms with E-state index in [2.05, 4.69) is 17.2 Å². The molecule has 0 aliphatic heterocycles. The Morgan fingerprint density at radius 2 is 2.41 bits per heavy atom. The van der Waals surface area contributed by atoms with Gasteiger partial charge >= 0.3 is 0 Å². The predicted molar refractivity (Wildman–Crippen MR) is 69.4 cm³/mol. The van der Waals surface area contributed by atoms with Crippen LogP contribution in [0.2, 0.25) is 0 Å². The summed E-state index contributed by atoms with van der Waals surface area (Å²) in [4.78, 5) is 12.7. The summed E-state index contributed by atoms with van der Waals surface area (Å²) in [5.41, 5.74) is 6.32. The predicted octanol–water partition coefficient (Wildman–Crippen LogP) is 1.47. The largest absolute Gasteiger partial charge is 0.351 e. The average molecular weight is 248 g/mol. The van der Waals surface area contributed by atoms with Crippen LogP contribution >= 0.6 is 11.3 Å². The Morgan fingerprint density at radius 3 is 3.12 bits per heavy atom. The first-order valence-corrected chi connectivity index (χ1v) is 6.69. The Kier molecular flexibility index (Phi) is 4.18. The summed E-state index contributed by atoms with van der Waals surface area (Å²) in [6.07, 6.45) is 3.09. The number of carbonyl (C=O) groups excluding carboxylic acids is 1. The summed E-state index contributed by atoms with van der Waals surface area (Å²) in [7, 11) is 0. The van der Waals surface area contributed by atoms with Crippen molar-refractivity contribution in [3.8, 4) is 11.8 Å². The summed E-state index contributed by atoms with van der Waals surface area (Å²) in [5, 5.41) is 4.93. The van der Waals surface area contributed by atoms with Gasteiger partial charge in [0.25, 0.3) is 0 Å². The summed E-state index contributed by atoms with van der Waals surface area (Å²) in [6, 6.07) is 1.97. The lowest BCUT2D eigenvalue weighted by Gasteiger charge is -2.03. The standard InChI is InChI=1S/C13H16N2OS/c14-6-1-2-11-5-7-17-12(11)9-15-13(16)8-10-3-4-10/h5,7,10H,3-4,6,8-9,14H2,(H,15,16). The maximum Gasteiger partial charge on any atom is 0.220 e. The third-order valence-electron chi connectivity index (χ3n) is 2.69. The van der Waals surface area contributed by atoms with E-state index in [1.165, 1.54) is 12.8 Å². The number of thiophene rings is 1. The van der Waals surface area contributed by atoms with E-state index >= 15 is 0 Å². The van der Waals surface area contributed by atoms with E-state index in [1.54, 1.807) is 11.3 Å². The van der Waals surface area contributed by atoms with Crippen LogP contribution in [-0.4, -0.2) is 12.5 Å². The van der Waals surface area contributed by atoms with E-state index in [0.717, 1.165) is 10.4 Å². The lowest BCUT2D eigenvalue weighted by atomic mass is 10.2. The van der Waals surface area contributed by atoms with Gasteiger partial charge in [-0.05, 0) is 30.2 Å². The molecule has 0 bridgehead atoms. The van der Waals surface area contributed by atoms with E-state index in [9.17, 15) is 4.79 Å². The monoisotopic (exact) mass is 248 g/mol. The van der Waals surface area contributed by atoms with E-state index < -0.39 is 0 Å². The van der Waals surface area contributed by atoms with Crippen molar-refractivity contribution in [3.63, 3.8) is 0 Å². The molecule has 0 saturated heterocycles. The van der Waals surface area contributed by atoms with E-state index in [1.807, 2.05) is 11.4 Å². The van der Waals surface area contributed by atoms with Crippen LogP contribution in [0, 0.1) is 17.8 Å². The van der Waals surface area contributed by atoms with Gasteiger partial charge in [0, 0.05) is 16.9 Å². The minimum absolute atomic E-state index is 0.152. The second-order valence-electron chi connectivity index (χ2n) is 4.19. The number of nitrogens with two attached hydrogens (primary N) is 1. The fourth-order valence-corrected chi connectivity index (χ4v) is 2.34. The molecule has 2 rings (SSSR count). The Balaban J connectivity index is 1.85. The summed E-state index contributed by atoms with van der Waals surface area (Å²) >= 11 is 1.62. The number of carbonyl (C=O) groups is 1. The van der Waals surface area contributed by atoms with Crippen molar-refractivity contribution in [1.29, 1.82) is 0 Å². The van der Waals surface area contributed by atoms with Crippen LogP contribution in [0.25, 0.3) is 0 Å². The van der Waals surface area contributed by atoms with Crippen LogP contribution in [0.3, 0.4) is 0 Å². The smallest absolute Gasteiger partial charge is 0.220 e. The van der Waals surface area contributed by atoms with Crippen LogP contribution < -0.4 is 11.1 Å². The molecule has 4 heteroatoms. The fraction of sp³-hybridized carbons (Fsp3) is 0.462. The highest BCUT2D eigenvalue weighted by atomic mass is 32.1. The van der Waals surface area contributed by atoms with Crippen LogP contribution in [0.1, 0.15) is 29.7 Å². The number of hydrogen-bond acceptors (Lipinski definition) is 3. The Labute approximate surface area is 105 Å². The van der Waals surface area contributed by atoms with Gasteiger partial charge in [-0.15, -0.1) is 11.3 Å². The molecule has 0 radical (unpaired) electrons. The molecule has 3 N–H and O–H groups in total. The highest BCUT2D eigenvalue weighted by Gasteiger charge is 2.24. The molecular weight excluding hydrogens is 232 g/mol.